The molecule has 0 atom stereocenters. The minimum atomic E-state index is -1.06. The molecule has 1 aromatic heterocycles. The summed E-state index contributed by atoms with van der Waals surface area (Å²) >= 11 is 0. The van der Waals surface area contributed by atoms with Crippen molar-refractivity contribution < 1.29 is 18.9 Å². The summed E-state index contributed by atoms with van der Waals surface area (Å²) in [6.45, 7) is 1.25. The fraction of sp³-hybridized carbons (Fsp3) is 0.222. The lowest BCUT2D eigenvalue weighted by atomic mass is 9.89. The van der Waals surface area contributed by atoms with Crippen LogP contribution in [-0.2, 0) is 7.05 Å². The van der Waals surface area contributed by atoms with Crippen molar-refractivity contribution in [1.82, 2.24) is 14.7 Å². The first-order valence-electron chi connectivity index (χ1n) is 11.9. The highest BCUT2D eigenvalue weighted by Crippen LogP contribution is 2.31. The van der Waals surface area contributed by atoms with E-state index in [4.69, 9.17) is 0 Å². The monoisotopic (exact) mass is 501 g/mol. The van der Waals surface area contributed by atoms with Crippen LogP contribution >= 0.6 is 0 Å². The first-order chi connectivity index (χ1) is 17.8. The number of rotatable bonds is 5. The Kier molecular flexibility index (Phi) is 6.39. The summed E-state index contributed by atoms with van der Waals surface area (Å²) in [5.41, 5.74) is 1.91. The van der Waals surface area contributed by atoms with E-state index >= 15 is 0 Å². The third kappa shape index (κ3) is 4.65. The van der Waals surface area contributed by atoms with Crippen LogP contribution in [0, 0.1) is 15.9 Å². The zero-order chi connectivity index (χ0) is 26.1. The summed E-state index contributed by atoms with van der Waals surface area (Å²) in [4.78, 5) is 37.9. The summed E-state index contributed by atoms with van der Waals surface area (Å²) in [5, 5.41) is 18.9. The number of nitro groups is 1. The molecule has 10 heteroatoms. The van der Waals surface area contributed by atoms with Gasteiger partial charge in [-0.25, -0.2) is 0 Å². The zero-order valence-corrected chi connectivity index (χ0v) is 20.1. The van der Waals surface area contributed by atoms with Crippen LogP contribution in [0.25, 0.3) is 10.9 Å². The second kappa shape index (κ2) is 9.81. The van der Waals surface area contributed by atoms with Crippen LogP contribution in [0.2, 0.25) is 0 Å². The predicted octanol–water partition coefficient (Wildman–Crippen LogP) is 4.89. The lowest BCUT2D eigenvalue weighted by Crippen LogP contribution is -2.38. The fourth-order valence-electron chi connectivity index (χ4n) is 4.87. The zero-order valence-electron chi connectivity index (χ0n) is 20.1. The minimum absolute atomic E-state index is 0.00144. The smallest absolute Gasteiger partial charge is 0.317 e. The molecule has 1 aliphatic heterocycles. The lowest BCUT2D eigenvalue weighted by molar-refractivity contribution is -0.387. The maximum Gasteiger partial charge on any atom is 0.317 e. The highest BCUT2D eigenvalue weighted by molar-refractivity contribution is 6.07. The number of hydrogen-bond acceptors (Lipinski definition) is 5. The standard InChI is InChI=1S/C27H24FN5O4/c1-31-24-7-3-4-20(22(24)16-29-31)27(35)32-14-12-18(13-15-32)17-8-10-19(11-9-17)30-26(34)21-5-2-6-23(28)25(21)33(36)37/h2-11,16,18H,12-15H2,1H3,(H,30,34). The number of aryl methyl sites for hydroxylation is 1. The van der Waals surface area contributed by atoms with Gasteiger partial charge in [0.2, 0.25) is 5.82 Å². The molecule has 37 heavy (non-hydrogen) atoms. The largest absolute Gasteiger partial charge is 0.339 e. The van der Waals surface area contributed by atoms with E-state index < -0.39 is 22.3 Å². The predicted molar refractivity (Wildman–Crippen MR) is 136 cm³/mol. The van der Waals surface area contributed by atoms with Crippen molar-refractivity contribution in [3.63, 3.8) is 0 Å². The third-order valence-electron chi connectivity index (χ3n) is 6.86. The molecule has 1 fully saturated rings. The molecule has 2 amide bonds. The van der Waals surface area contributed by atoms with Gasteiger partial charge < -0.3 is 10.2 Å². The van der Waals surface area contributed by atoms with Crippen molar-refractivity contribution >= 4 is 34.1 Å². The molecule has 3 aromatic carbocycles. The topological polar surface area (TPSA) is 110 Å². The first kappa shape index (κ1) is 24.1. The Morgan fingerprint density at radius 2 is 1.70 bits per heavy atom. The van der Waals surface area contributed by atoms with Crippen molar-refractivity contribution in [2.24, 2.45) is 7.05 Å². The number of amides is 2. The number of benzene rings is 3. The number of nitro benzene ring substituents is 1. The Bertz CT molecular complexity index is 1510. The van der Waals surface area contributed by atoms with Gasteiger partial charge >= 0.3 is 5.69 Å². The van der Waals surface area contributed by atoms with E-state index in [1.807, 2.05) is 42.3 Å². The number of nitrogens with one attached hydrogen (secondary N) is 1. The number of likely N-dealkylation sites (tertiary alicyclic amines) is 1. The maximum atomic E-state index is 13.9. The van der Waals surface area contributed by atoms with Crippen LogP contribution < -0.4 is 5.32 Å². The summed E-state index contributed by atoms with van der Waals surface area (Å²) in [5.74, 6) is -1.56. The normalized spacial score (nSPS) is 14.1. The van der Waals surface area contributed by atoms with Crippen molar-refractivity contribution in [3.05, 3.63) is 99.5 Å². The van der Waals surface area contributed by atoms with E-state index in [2.05, 4.69) is 10.4 Å². The average Bonchev–Trinajstić information content (AvgIpc) is 3.29. The second-order valence-electron chi connectivity index (χ2n) is 9.04. The Morgan fingerprint density at radius 1 is 1.03 bits per heavy atom. The van der Waals surface area contributed by atoms with Crippen molar-refractivity contribution in [2.45, 2.75) is 18.8 Å². The van der Waals surface area contributed by atoms with Gasteiger partial charge in [0.25, 0.3) is 11.8 Å². The Labute approximate surface area is 211 Å². The molecular formula is C27H24FN5O4. The van der Waals surface area contributed by atoms with Gasteiger partial charge in [-0.15, -0.1) is 0 Å². The van der Waals surface area contributed by atoms with Gasteiger partial charge in [0.05, 0.1) is 22.2 Å². The molecule has 4 aromatic rings. The Balaban J connectivity index is 1.22. The molecule has 1 N–H and O–H groups in total. The van der Waals surface area contributed by atoms with Crippen molar-refractivity contribution in [2.75, 3.05) is 18.4 Å². The molecule has 0 bridgehead atoms. The number of hydrogen-bond donors (Lipinski definition) is 1. The molecule has 2 heterocycles. The molecule has 9 nitrogen and oxygen atoms in total. The van der Waals surface area contributed by atoms with E-state index in [0.29, 0.717) is 24.3 Å². The van der Waals surface area contributed by atoms with Gasteiger partial charge in [-0.05, 0) is 60.7 Å². The fourth-order valence-corrected chi connectivity index (χ4v) is 4.87. The van der Waals surface area contributed by atoms with Gasteiger partial charge in [-0.2, -0.15) is 9.49 Å². The van der Waals surface area contributed by atoms with Crippen LogP contribution in [0.15, 0.2) is 66.9 Å². The van der Waals surface area contributed by atoms with Gasteiger partial charge in [0.1, 0.15) is 5.56 Å². The minimum Gasteiger partial charge on any atom is -0.339 e. The molecule has 188 valence electrons. The molecule has 0 spiro atoms. The van der Waals surface area contributed by atoms with Gasteiger partial charge in [0.15, 0.2) is 0 Å². The number of aromatic nitrogens is 2. The van der Waals surface area contributed by atoms with Crippen LogP contribution in [0.4, 0.5) is 15.8 Å². The summed E-state index contributed by atoms with van der Waals surface area (Å²) in [6.07, 6.45) is 3.33. The molecule has 0 unspecified atom stereocenters. The van der Waals surface area contributed by atoms with E-state index in [0.717, 1.165) is 35.4 Å². The van der Waals surface area contributed by atoms with Gasteiger partial charge in [0, 0.05) is 31.2 Å². The first-order valence-corrected chi connectivity index (χ1v) is 11.9. The molecule has 1 aliphatic rings. The van der Waals surface area contributed by atoms with Crippen LogP contribution in [0.3, 0.4) is 0 Å². The Morgan fingerprint density at radius 3 is 2.41 bits per heavy atom. The number of nitrogens with zero attached hydrogens (tertiary/aromatic N) is 4. The van der Waals surface area contributed by atoms with Crippen LogP contribution in [-0.4, -0.2) is 44.5 Å². The van der Waals surface area contributed by atoms with Crippen molar-refractivity contribution in [3.8, 4) is 0 Å². The number of halogens is 1. The summed E-state index contributed by atoms with van der Waals surface area (Å²) in [7, 11) is 1.85. The van der Waals surface area contributed by atoms with Gasteiger partial charge in [-0.3, -0.25) is 24.4 Å². The van der Waals surface area contributed by atoms with E-state index in [9.17, 15) is 24.1 Å². The molecule has 0 saturated carbocycles. The highest BCUT2D eigenvalue weighted by atomic mass is 19.1. The number of carbonyl (C=O) groups is 2. The SMILES string of the molecule is Cn1ncc2c(C(=O)N3CCC(c4ccc(NC(=O)c5cccc(F)c5[N+](=O)[O-])cc4)CC3)cccc21. The number of anilines is 1. The van der Waals surface area contributed by atoms with Gasteiger partial charge in [-0.1, -0.05) is 24.3 Å². The molecule has 0 radical (unpaired) electrons. The van der Waals surface area contributed by atoms with E-state index in [-0.39, 0.29) is 17.4 Å². The van der Waals surface area contributed by atoms with Crippen LogP contribution in [0.5, 0.6) is 0 Å². The van der Waals surface area contributed by atoms with Crippen LogP contribution in [0.1, 0.15) is 45.0 Å². The summed E-state index contributed by atoms with van der Waals surface area (Å²) < 4.78 is 15.6. The van der Waals surface area contributed by atoms with E-state index in [1.165, 1.54) is 12.1 Å². The Hall–Kier alpha value is -4.60. The summed E-state index contributed by atoms with van der Waals surface area (Å²) in [6, 6.07) is 16.3. The average molecular weight is 502 g/mol. The number of para-hydroxylation sites is 1. The molecule has 0 aliphatic carbocycles. The maximum absolute atomic E-state index is 13.9. The highest BCUT2D eigenvalue weighted by Gasteiger charge is 2.27. The number of carbonyl (C=O) groups excluding carboxylic acids is 2. The lowest BCUT2D eigenvalue weighted by Gasteiger charge is -2.32. The molecule has 1 saturated heterocycles. The second-order valence-corrected chi connectivity index (χ2v) is 9.04. The number of fused-ring (bicyclic) bond motifs is 1. The number of piperidine rings is 1. The quantitative estimate of drug-likeness (QED) is 0.309. The third-order valence-corrected chi connectivity index (χ3v) is 6.86. The van der Waals surface area contributed by atoms with Crippen molar-refractivity contribution in [1.29, 1.82) is 0 Å². The molecular weight excluding hydrogens is 477 g/mol. The van der Waals surface area contributed by atoms with E-state index in [1.54, 1.807) is 23.0 Å². The molecule has 5 rings (SSSR count).